The number of carbonyl (C=O) groups excluding carboxylic acids is 3. The second-order valence-corrected chi connectivity index (χ2v) is 20.3. The summed E-state index contributed by atoms with van der Waals surface area (Å²) in [6, 6.07) is 20.1. The summed E-state index contributed by atoms with van der Waals surface area (Å²) in [5.74, 6) is -2.83. The number of carbonyl (C=O) groups is 3. The Morgan fingerprint density at radius 2 is 1.25 bits per heavy atom. The van der Waals surface area contributed by atoms with Crippen LogP contribution in [0.1, 0.15) is 82.9 Å². The summed E-state index contributed by atoms with van der Waals surface area (Å²) < 4.78 is 17.1. The van der Waals surface area contributed by atoms with Crippen LogP contribution in [0.15, 0.2) is 72.8 Å². The number of phenolic OH excluding ortho intramolecular Hbond substituents is 4. The van der Waals surface area contributed by atoms with Gasteiger partial charge >= 0.3 is 11.9 Å². The summed E-state index contributed by atoms with van der Waals surface area (Å²) >= 11 is 12.7. The topological polar surface area (TPSA) is 151 Å². The lowest BCUT2D eigenvalue weighted by molar-refractivity contribution is 0.0364. The molecule has 6 aromatic carbocycles. The van der Waals surface area contributed by atoms with Gasteiger partial charge in [-0.3, -0.25) is 4.79 Å². The minimum atomic E-state index is -1.16. The second-order valence-electron chi connectivity index (χ2n) is 13.5. The van der Waals surface area contributed by atoms with Crippen LogP contribution in [0, 0.1) is 21.4 Å². The Labute approximate surface area is 407 Å². The summed E-state index contributed by atoms with van der Waals surface area (Å²) in [5, 5.41) is 45.6. The monoisotopic (exact) mass is 1430 g/mol. The van der Waals surface area contributed by atoms with E-state index in [1.54, 1.807) is 30.3 Å². The molecule has 0 aliphatic heterocycles. The quantitative estimate of drug-likeness (QED) is 0.0572. The van der Waals surface area contributed by atoms with E-state index in [4.69, 9.17) is 9.47 Å². The Balaban J connectivity index is 1.25. The maximum atomic E-state index is 14.0. The Hall–Kier alpha value is -2.23. The van der Waals surface area contributed by atoms with E-state index >= 15 is 0 Å². The first-order chi connectivity index (χ1) is 27.2. The van der Waals surface area contributed by atoms with Crippen LogP contribution in [0.3, 0.4) is 0 Å². The van der Waals surface area contributed by atoms with Gasteiger partial charge in [-0.15, -0.1) is 0 Å². The zero-order valence-corrected chi connectivity index (χ0v) is 41.7. The fraction of sp³-hybridized carbons (Fsp3) is 0.119. The third-order valence-corrected chi connectivity index (χ3v) is 18.2. The highest BCUT2D eigenvalue weighted by Crippen LogP contribution is 2.51. The van der Waals surface area contributed by atoms with Gasteiger partial charge in [0.25, 0.3) is 0 Å². The van der Waals surface area contributed by atoms with E-state index in [0.29, 0.717) is 56.8 Å². The summed E-state index contributed by atoms with van der Waals surface area (Å²) in [6.07, 6.45) is -0.102. The molecule has 2 atom stereocenters. The molecule has 0 heterocycles. The van der Waals surface area contributed by atoms with Crippen molar-refractivity contribution in [1.29, 1.82) is 0 Å². The van der Waals surface area contributed by atoms with E-state index in [1.807, 2.05) is 24.3 Å². The summed E-state index contributed by atoms with van der Waals surface area (Å²) in [7, 11) is 0. The van der Waals surface area contributed by atoms with E-state index < -0.39 is 23.8 Å². The molecule has 0 saturated heterocycles. The van der Waals surface area contributed by atoms with Crippen LogP contribution in [-0.2, 0) is 17.6 Å². The van der Waals surface area contributed by atoms with E-state index in [9.17, 15) is 34.8 Å². The zero-order chi connectivity index (χ0) is 40.6. The van der Waals surface area contributed by atoms with E-state index in [2.05, 4.69) is 136 Å². The number of fused-ring (bicyclic) bond motifs is 4. The number of hydrogen-bond donors (Lipinski definition) is 4. The van der Waals surface area contributed by atoms with Gasteiger partial charge in [-0.05, 0) is 209 Å². The van der Waals surface area contributed by atoms with Crippen molar-refractivity contribution in [3.63, 3.8) is 0 Å². The number of aromatic hydroxyl groups is 4. The van der Waals surface area contributed by atoms with Gasteiger partial charge in [0.1, 0.15) is 28.7 Å². The standard InChI is InChI=1S/C42H24I6O9/c43-23-9-11-25(45)35(47)33(23)41(54)56-39-19-3-1-5-27(49)30(19)37(52)18-8-7-16(13-21(18)39)17-14-22-32(29(51)15-17)38(53)31-20(4-2-6-28(31)50)40(22)57-42(55)34-24(44)10-12-26(46)36(34)48/h1-6,9-12,14-16,40,49-52H,7-8,13H2. The Morgan fingerprint density at radius 1 is 0.649 bits per heavy atom. The molecule has 8 rings (SSSR count). The van der Waals surface area contributed by atoms with Crippen LogP contribution in [0.5, 0.6) is 28.7 Å². The number of ether oxygens (including phenoxy) is 2. The normalized spacial score (nSPS) is 15.8. The third kappa shape index (κ3) is 7.27. The highest BCUT2D eigenvalue weighted by molar-refractivity contribution is 14.1. The number of ketones is 1. The molecule has 0 bridgehead atoms. The largest absolute Gasteiger partial charge is 0.507 e. The van der Waals surface area contributed by atoms with Crippen LogP contribution in [0.2, 0.25) is 0 Å². The lowest BCUT2D eigenvalue weighted by Gasteiger charge is -2.32. The molecule has 0 radical (unpaired) electrons. The van der Waals surface area contributed by atoms with Crippen molar-refractivity contribution in [3.8, 4) is 28.7 Å². The molecular formula is C42H24I6O9. The average molecular weight is 1430 g/mol. The number of phenols is 4. The highest BCUT2D eigenvalue weighted by atomic mass is 127. The van der Waals surface area contributed by atoms with Crippen molar-refractivity contribution in [2.45, 2.75) is 31.3 Å². The predicted octanol–water partition coefficient (Wildman–Crippen LogP) is 11.3. The molecule has 0 aromatic heterocycles. The first kappa shape index (κ1) is 41.5. The molecule has 6 aromatic rings. The number of benzene rings is 6. The van der Waals surface area contributed by atoms with E-state index in [0.717, 1.165) is 10.7 Å². The van der Waals surface area contributed by atoms with Crippen LogP contribution in [0.4, 0.5) is 0 Å². The van der Waals surface area contributed by atoms with Crippen molar-refractivity contribution < 1.29 is 44.3 Å². The van der Waals surface area contributed by atoms with Gasteiger partial charge < -0.3 is 29.9 Å². The highest BCUT2D eigenvalue weighted by Gasteiger charge is 2.40. The Morgan fingerprint density at radius 3 is 1.93 bits per heavy atom. The molecule has 0 fully saturated rings. The molecule has 9 nitrogen and oxygen atoms in total. The molecule has 0 spiro atoms. The molecule has 2 unspecified atom stereocenters. The third-order valence-electron chi connectivity index (χ3n) is 10.3. The fourth-order valence-electron chi connectivity index (χ4n) is 7.67. The average Bonchev–Trinajstić information content (AvgIpc) is 3.17. The number of esters is 2. The van der Waals surface area contributed by atoms with Crippen molar-refractivity contribution >= 4 is 164 Å². The maximum absolute atomic E-state index is 14.0. The second kappa shape index (κ2) is 16.3. The van der Waals surface area contributed by atoms with Crippen molar-refractivity contribution in [1.82, 2.24) is 0 Å². The maximum Gasteiger partial charge on any atom is 0.345 e. The van der Waals surface area contributed by atoms with Gasteiger partial charge in [-0.1, -0.05) is 30.3 Å². The van der Waals surface area contributed by atoms with Gasteiger partial charge in [0.05, 0.1) is 27.6 Å². The van der Waals surface area contributed by atoms with Gasteiger partial charge in [0.15, 0.2) is 6.10 Å². The molecule has 2 aliphatic rings. The van der Waals surface area contributed by atoms with Gasteiger partial charge in [0, 0.05) is 49.1 Å². The van der Waals surface area contributed by atoms with Crippen molar-refractivity contribution in [3.05, 3.63) is 144 Å². The lowest BCUT2D eigenvalue weighted by Crippen LogP contribution is -2.25. The first-order valence-corrected chi connectivity index (χ1v) is 23.6. The minimum Gasteiger partial charge on any atom is -0.507 e. The van der Waals surface area contributed by atoms with Gasteiger partial charge in [-0.2, -0.15) is 0 Å². The lowest BCUT2D eigenvalue weighted by atomic mass is 9.75. The Kier molecular flexibility index (Phi) is 11.9. The molecule has 2 aliphatic carbocycles. The van der Waals surface area contributed by atoms with Crippen LogP contribution >= 0.6 is 136 Å². The molecule has 288 valence electrons. The molecular weight excluding hydrogens is 1410 g/mol. The molecule has 4 N–H and O–H groups in total. The van der Waals surface area contributed by atoms with Crippen molar-refractivity contribution in [2.24, 2.45) is 0 Å². The summed E-state index contributed by atoms with van der Waals surface area (Å²) in [6.45, 7) is 0. The number of halogens is 6. The predicted molar refractivity (Wildman–Crippen MR) is 263 cm³/mol. The SMILES string of the molecule is O=C1c2c(O)cccc2C(OC(=O)c2c(I)ccc(I)c2I)c2cc(C3CCc4c(c(OC(=O)c5c(I)ccc(I)c5I)c5cccc(O)c5c4O)C3)cc(O)c21. The van der Waals surface area contributed by atoms with Crippen molar-refractivity contribution in [2.75, 3.05) is 0 Å². The smallest absolute Gasteiger partial charge is 0.345 e. The Bertz CT molecular complexity index is 2770. The minimum absolute atomic E-state index is 0.0565. The molecule has 57 heavy (non-hydrogen) atoms. The fourth-order valence-corrected chi connectivity index (χ4v) is 12.3. The summed E-state index contributed by atoms with van der Waals surface area (Å²) in [5.41, 5.74) is 2.91. The number of rotatable bonds is 5. The van der Waals surface area contributed by atoms with Crippen LogP contribution < -0.4 is 4.74 Å². The van der Waals surface area contributed by atoms with Gasteiger partial charge in [0.2, 0.25) is 5.78 Å². The summed E-state index contributed by atoms with van der Waals surface area (Å²) in [4.78, 5) is 42.1. The molecule has 0 saturated carbocycles. The van der Waals surface area contributed by atoms with Gasteiger partial charge in [-0.25, -0.2) is 9.59 Å². The van der Waals surface area contributed by atoms with E-state index in [-0.39, 0.29) is 68.7 Å². The van der Waals surface area contributed by atoms with Crippen LogP contribution in [0.25, 0.3) is 10.8 Å². The van der Waals surface area contributed by atoms with Crippen LogP contribution in [-0.4, -0.2) is 38.1 Å². The zero-order valence-electron chi connectivity index (χ0n) is 28.8. The van der Waals surface area contributed by atoms with E-state index in [1.165, 1.54) is 18.2 Å². The molecule has 0 amide bonds. The number of hydrogen-bond acceptors (Lipinski definition) is 9. The molecule has 15 heteroatoms. The first-order valence-electron chi connectivity index (χ1n) is 17.1.